The van der Waals surface area contributed by atoms with Crippen LogP contribution in [0, 0.1) is 11.7 Å². The third-order valence-electron chi connectivity index (χ3n) is 3.67. The van der Waals surface area contributed by atoms with Crippen LogP contribution >= 0.6 is 0 Å². The molecule has 0 saturated carbocycles. The van der Waals surface area contributed by atoms with E-state index >= 15 is 0 Å². The molecule has 1 aromatic heterocycles. The Morgan fingerprint density at radius 2 is 1.79 bits per heavy atom. The number of furan rings is 1. The number of esters is 1. The molecule has 0 spiro atoms. The first-order chi connectivity index (χ1) is 13.3. The molecule has 0 fully saturated rings. The molecule has 1 aromatic carbocycles. The Labute approximate surface area is 160 Å². The lowest BCUT2D eigenvalue weighted by Crippen LogP contribution is -2.46. The largest absolute Gasteiger partial charge is 0.459 e. The number of nitrogens with one attached hydrogen (secondary N) is 2. The Bertz CT molecular complexity index is 863. The number of benzene rings is 1. The molecule has 1 heterocycles. The molecule has 0 aliphatic heterocycles. The first kappa shape index (κ1) is 20.8. The summed E-state index contributed by atoms with van der Waals surface area (Å²) in [5, 5.41) is 4.39. The Morgan fingerprint density at radius 1 is 1.07 bits per heavy atom. The fourth-order valence-electron chi connectivity index (χ4n) is 2.22. The normalized spacial score (nSPS) is 11.6. The average molecular weight is 390 g/mol. The van der Waals surface area contributed by atoms with E-state index in [1.165, 1.54) is 36.6 Å². The van der Waals surface area contributed by atoms with Gasteiger partial charge in [-0.05, 0) is 30.2 Å². The van der Waals surface area contributed by atoms with Gasteiger partial charge in [0.25, 0.3) is 17.7 Å². The molecule has 0 radical (unpaired) electrons. The zero-order valence-corrected chi connectivity index (χ0v) is 15.2. The van der Waals surface area contributed by atoms with Crippen LogP contribution in [0.5, 0.6) is 0 Å². The van der Waals surface area contributed by atoms with Gasteiger partial charge in [-0.1, -0.05) is 26.0 Å². The van der Waals surface area contributed by atoms with Crippen molar-refractivity contribution in [3.05, 3.63) is 59.8 Å². The maximum atomic E-state index is 13.7. The standard InChI is InChI=1S/C19H19FN2O6/c1-11(2)16(22-17(24)12-6-3-4-7-13(12)20)19(26)28-10-15(23)21-18(25)14-8-5-9-27-14/h3-9,11,16H,10H2,1-2H3,(H,22,24)(H,21,23,25)/t16-/m0/s1. The molecule has 0 unspecified atom stereocenters. The second-order valence-corrected chi connectivity index (χ2v) is 6.14. The first-order valence-electron chi connectivity index (χ1n) is 8.39. The highest BCUT2D eigenvalue weighted by Crippen LogP contribution is 2.10. The van der Waals surface area contributed by atoms with Crippen molar-refractivity contribution >= 4 is 23.7 Å². The maximum absolute atomic E-state index is 13.7. The van der Waals surface area contributed by atoms with Crippen molar-refractivity contribution in [3.63, 3.8) is 0 Å². The Hall–Kier alpha value is -3.49. The lowest BCUT2D eigenvalue weighted by Gasteiger charge is -2.20. The van der Waals surface area contributed by atoms with E-state index in [-0.39, 0.29) is 11.3 Å². The average Bonchev–Trinajstić information content (AvgIpc) is 3.19. The maximum Gasteiger partial charge on any atom is 0.329 e. The van der Waals surface area contributed by atoms with Gasteiger partial charge >= 0.3 is 5.97 Å². The summed E-state index contributed by atoms with van der Waals surface area (Å²) in [6, 6.07) is 7.05. The lowest BCUT2D eigenvalue weighted by molar-refractivity contribution is -0.151. The highest BCUT2D eigenvalue weighted by atomic mass is 19.1. The third kappa shape index (κ3) is 5.50. The molecule has 3 amide bonds. The molecule has 0 aliphatic carbocycles. The number of carbonyl (C=O) groups is 4. The van der Waals surface area contributed by atoms with E-state index in [2.05, 4.69) is 5.32 Å². The van der Waals surface area contributed by atoms with E-state index in [0.717, 1.165) is 6.07 Å². The van der Waals surface area contributed by atoms with Crippen molar-refractivity contribution in [2.45, 2.75) is 19.9 Å². The van der Waals surface area contributed by atoms with Crippen LogP contribution in [0.1, 0.15) is 34.8 Å². The van der Waals surface area contributed by atoms with Crippen LogP contribution in [0.15, 0.2) is 47.1 Å². The van der Waals surface area contributed by atoms with Crippen molar-refractivity contribution in [1.29, 1.82) is 0 Å². The van der Waals surface area contributed by atoms with Crippen LogP contribution in [-0.4, -0.2) is 36.3 Å². The van der Waals surface area contributed by atoms with Crippen LogP contribution < -0.4 is 10.6 Å². The molecular weight excluding hydrogens is 371 g/mol. The van der Waals surface area contributed by atoms with Crippen LogP contribution in [0.25, 0.3) is 0 Å². The third-order valence-corrected chi connectivity index (χ3v) is 3.67. The van der Waals surface area contributed by atoms with Gasteiger partial charge in [-0.3, -0.25) is 19.7 Å². The number of hydrogen-bond donors (Lipinski definition) is 2. The molecule has 28 heavy (non-hydrogen) atoms. The highest BCUT2D eigenvalue weighted by Gasteiger charge is 2.27. The highest BCUT2D eigenvalue weighted by molar-refractivity contribution is 6.04. The van der Waals surface area contributed by atoms with Gasteiger partial charge in [-0.25, -0.2) is 9.18 Å². The molecule has 0 bridgehead atoms. The summed E-state index contributed by atoms with van der Waals surface area (Å²) in [5.74, 6) is -4.51. The van der Waals surface area contributed by atoms with Gasteiger partial charge < -0.3 is 14.5 Å². The number of halogens is 1. The minimum Gasteiger partial charge on any atom is -0.459 e. The molecule has 9 heteroatoms. The van der Waals surface area contributed by atoms with E-state index in [4.69, 9.17) is 9.15 Å². The second-order valence-electron chi connectivity index (χ2n) is 6.14. The minimum absolute atomic E-state index is 0.0723. The van der Waals surface area contributed by atoms with Crippen LogP contribution in [0.3, 0.4) is 0 Å². The SMILES string of the molecule is CC(C)[C@H](NC(=O)c1ccccc1F)C(=O)OCC(=O)NC(=O)c1ccco1. The number of rotatable bonds is 7. The topological polar surface area (TPSA) is 115 Å². The minimum atomic E-state index is -1.11. The monoisotopic (exact) mass is 390 g/mol. The van der Waals surface area contributed by atoms with Crippen molar-refractivity contribution in [1.82, 2.24) is 10.6 Å². The smallest absolute Gasteiger partial charge is 0.329 e. The lowest BCUT2D eigenvalue weighted by atomic mass is 10.0. The van der Waals surface area contributed by atoms with Gasteiger partial charge in [-0.2, -0.15) is 0 Å². The Morgan fingerprint density at radius 3 is 2.39 bits per heavy atom. The van der Waals surface area contributed by atoms with Crippen LogP contribution in [0.2, 0.25) is 0 Å². The number of carbonyl (C=O) groups excluding carboxylic acids is 4. The van der Waals surface area contributed by atoms with Crippen molar-refractivity contribution in [3.8, 4) is 0 Å². The zero-order chi connectivity index (χ0) is 20.7. The summed E-state index contributed by atoms with van der Waals surface area (Å²) >= 11 is 0. The van der Waals surface area contributed by atoms with E-state index in [0.29, 0.717) is 0 Å². The predicted octanol–water partition coefficient (Wildman–Crippen LogP) is 1.67. The summed E-state index contributed by atoms with van der Waals surface area (Å²) in [4.78, 5) is 47.9. The van der Waals surface area contributed by atoms with Crippen molar-refractivity contribution in [2.24, 2.45) is 5.92 Å². The number of imide groups is 1. The molecule has 0 aliphatic rings. The van der Waals surface area contributed by atoms with E-state index in [1.54, 1.807) is 13.8 Å². The molecule has 148 valence electrons. The van der Waals surface area contributed by atoms with E-state index in [9.17, 15) is 23.6 Å². The molecule has 0 saturated heterocycles. The van der Waals surface area contributed by atoms with E-state index in [1.807, 2.05) is 5.32 Å². The number of hydrogen-bond acceptors (Lipinski definition) is 6. The number of amides is 3. The summed E-state index contributed by atoms with van der Waals surface area (Å²) in [7, 11) is 0. The van der Waals surface area contributed by atoms with Gasteiger partial charge in [0.05, 0.1) is 11.8 Å². The first-order valence-corrected chi connectivity index (χ1v) is 8.39. The molecule has 2 aromatic rings. The quantitative estimate of drug-likeness (QED) is 0.695. The van der Waals surface area contributed by atoms with Crippen LogP contribution in [0.4, 0.5) is 4.39 Å². The molecule has 2 rings (SSSR count). The number of ether oxygens (including phenoxy) is 1. The van der Waals surface area contributed by atoms with Gasteiger partial charge in [0.2, 0.25) is 0 Å². The molecular formula is C19H19FN2O6. The fourth-order valence-corrected chi connectivity index (χ4v) is 2.22. The summed E-state index contributed by atoms with van der Waals surface area (Å²) in [6.07, 6.45) is 1.27. The molecule has 8 nitrogen and oxygen atoms in total. The molecule has 2 N–H and O–H groups in total. The Balaban J connectivity index is 1.92. The molecule has 1 atom stereocenters. The fraction of sp³-hybridized carbons (Fsp3) is 0.263. The summed E-state index contributed by atoms with van der Waals surface area (Å²) < 4.78 is 23.4. The van der Waals surface area contributed by atoms with Crippen molar-refractivity contribution < 1.29 is 32.7 Å². The van der Waals surface area contributed by atoms with Crippen molar-refractivity contribution in [2.75, 3.05) is 6.61 Å². The van der Waals surface area contributed by atoms with Gasteiger partial charge in [0, 0.05) is 0 Å². The van der Waals surface area contributed by atoms with Gasteiger partial charge in [-0.15, -0.1) is 0 Å². The Kier molecular flexibility index (Phi) is 7.02. The zero-order valence-electron chi connectivity index (χ0n) is 15.2. The summed E-state index contributed by atoms with van der Waals surface area (Å²) in [6.45, 7) is 2.56. The van der Waals surface area contributed by atoms with E-state index < -0.39 is 48.1 Å². The van der Waals surface area contributed by atoms with Crippen LogP contribution in [-0.2, 0) is 14.3 Å². The van der Waals surface area contributed by atoms with Gasteiger partial charge in [0.15, 0.2) is 12.4 Å². The predicted molar refractivity (Wildman–Crippen MR) is 94.6 cm³/mol. The second kappa shape index (κ2) is 9.45. The van der Waals surface area contributed by atoms with Gasteiger partial charge in [0.1, 0.15) is 11.9 Å². The summed E-state index contributed by atoms with van der Waals surface area (Å²) in [5.41, 5.74) is -0.220.